The molecule has 0 unspecified atom stereocenters. The van der Waals surface area contributed by atoms with Gasteiger partial charge in [0, 0.05) is 5.41 Å². The summed E-state index contributed by atoms with van der Waals surface area (Å²) >= 11 is 0. The Morgan fingerprint density at radius 3 is 1.73 bits per heavy atom. The third-order valence-electron chi connectivity index (χ3n) is 3.13. The predicted octanol–water partition coefficient (Wildman–Crippen LogP) is 4.27. The lowest BCUT2D eigenvalue weighted by molar-refractivity contribution is -0.138. The fourth-order valence-electron chi connectivity index (χ4n) is 2.49. The third-order valence-corrected chi connectivity index (χ3v) is 3.13. The van der Waals surface area contributed by atoms with E-state index in [4.69, 9.17) is 4.74 Å². The van der Waals surface area contributed by atoms with Crippen LogP contribution in [0.3, 0.4) is 0 Å². The Hall–Kier alpha value is -0.0400. The van der Waals surface area contributed by atoms with Crippen LogP contribution in [0.1, 0.15) is 60.8 Å². The van der Waals surface area contributed by atoms with Crippen molar-refractivity contribution in [3.8, 4) is 0 Å². The van der Waals surface area contributed by atoms with Crippen LogP contribution in [0, 0.1) is 16.2 Å². The van der Waals surface area contributed by atoms with Crippen molar-refractivity contribution in [2.45, 2.75) is 60.8 Å². The first kappa shape index (κ1) is 13.0. The monoisotopic (exact) mass is 212 g/mol. The van der Waals surface area contributed by atoms with Gasteiger partial charge in [0.1, 0.15) is 0 Å². The van der Waals surface area contributed by atoms with Crippen molar-refractivity contribution in [2.75, 3.05) is 13.2 Å². The Kier molecular flexibility index (Phi) is 3.55. The molecule has 0 saturated carbocycles. The summed E-state index contributed by atoms with van der Waals surface area (Å²) in [6, 6.07) is 0. The smallest absolute Gasteiger partial charge is 0.0545 e. The van der Waals surface area contributed by atoms with E-state index in [1.165, 1.54) is 19.3 Å². The summed E-state index contributed by atoms with van der Waals surface area (Å²) in [7, 11) is 0. The van der Waals surface area contributed by atoms with Gasteiger partial charge in [0.15, 0.2) is 0 Å². The highest BCUT2D eigenvalue weighted by Gasteiger charge is 2.41. The first-order chi connectivity index (χ1) is 6.62. The maximum atomic E-state index is 5.45. The Bertz CT molecular complexity index is 200. The minimum Gasteiger partial charge on any atom is -0.380 e. The Morgan fingerprint density at radius 1 is 0.933 bits per heavy atom. The van der Waals surface area contributed by atoms with Crippen LogP contribution in [0.4, 0.5) is 0 Å². The minimum absolute atomic E-state index is 0.432. The molecule has 1 aliphatic rings. The van der Waals surface area contributed by atoms with E-state index < -0.39 is 0 Å². The molecule has 90 valence electrons. The van der Waals surface area contributed by atoms with Gasteiger partial charge in [-0.1, -0.05) is 41.5 Å². The van der Waals surface area contributed by atoms with E-state index in [0.29, 0.717) is 16.2 Å². The molecule has 0 radical (unpaired) electrons. The zero-order valence-corrected chi connectivity index (χ0v) is 11.4. The van der Waals surface area contributed by atoms with Gasteiger partial charge in [-0.3, -0.25) is 0 Å². The molecule has 0 N–H and O–H groups in total. The maximum absolute atomic E-state index is 5.45. The van der Waals surface area contributed by atoms with Crippen molar-refractivity contribution >= 4 is 0 Å². The molecule has 1 saturated heterocycles. The summed E-state index contributed by atoms with van der Waals surface area (Å²) in [5, 5.41) is 0. The molecule has 1 nitrogen and oxygen atoms in total. The molecule has 1 heterocycles. The average Bonchev–Trinajstić information content (AvgIpc) is 1.90. The summed E-state index contributed by atoms with van der Waals surface area (Å²) in [5.74, 6) is 0. The highest BCUT2D eigenvalue weighted by molar-refractivity contribution is 4.90. The second kappa shape index (κ2) is 4.08. The van der Waals surface area contributed by atoms with Crippen LogP contribution in [-0.4, -0.2) is 13.2 Å². The third kappa shape index (κ3) is 4.55. The molecule has 0 bridgehead atoms. The van der Waals surface area contributed by atoms with E-state index in [2.05, 4.69) is 41.5 Å². The number of ether oxygens (including phenoxy) is 1. The van der Waals surface area contributed by atoms with Crippen molar-refractivity contribution in [3.63, 3.8) is 0 Å². The van der Waals surface area contributed by atoms with E-state index in [1.54, 1.807) is 0 Å². The molecule has 1 heteroatoms. The van der Waals surface area contributed by atoms with Crippen molar-refractivity contribution in [3.05, 3.63) is 0 Å². The molecular formula is C14H28O. The fraction of sp³-hybridized carbons (Fsp3) is 1.00. The normalized spacial score (nSPS) is 21.2. The van der Waals surface area contributed by atoms with Gasteiger partial charge < -0.3 is 4.74 Å². The lowest BCUT2D eigenvalue weighted by atomic mass is 9.68. The second-order valence-corrected chi connectivity index (χ2v) is 7.79. The van der Waals surface area contributed by atoms with E-state index in [0.717, 1.165) is 13.2 Å². The molecule has 1 rings (SSSR count). The molecular weight excluding hydrogens is 184 g/mol. The first-order valence-corrected chi connectivity index (χ1v) is 6.20. The number of rotatable bonds is 3. The van der Waals surface area contributed by atoms with Gasteiger partial charge in [0.2, 0.25) is 0 Å². The van der Waals surface area contributed by atoms with Gasteiger partial charge >= 0.3 is 0 Å². The highest BCUT2D eigenvalue weighted by Crippen LogP contribution is 2.44. The van der Waals surface area contributed by atoms with Crippen LogP contribution in [0.5, 0.6) is 0 Å². The van der Waals surface area contributed by atoms with Crippen LogP contribution in [0.2, 0.25) is 0 Å². The van der Waals surface area contributed by atoms with Gasteiger partial charge in [-0.05, 0) is 30.1 Å². The van der Waals surface area contributed by atoms with Crippen molar-refractivity contribution < 1.29 is 4.74 Å². The van der Waals surface area contributed by atoms with Gasteiger partial charge in [0.05, 0.1) is 13.2 Å². The van der Waals surface area contributed by atoms with Crippen molar-refractivity contribution in [1.29, 1.82) is 0 Å². The molecule has 0 aliphatic carbocycles. The molecule has 0 aromatic carbocycles. The topological polar surface area (TPSA) is 9.23 Å². The van der Waals surface area contributed by atoms with Gasteiger partial charge in [0.25, 0.3) is 0 Å². The zero-order valence-electron chi connectivity index (χ0n) is 11.4. The molecule has 0 amide bonds. The Balaban J connectivity index is 2.47. The quantitative estimate of drug-likeness (QED) is 0.679. The van der Waals surface area contributed by atoms with Crippen molar-refractivity contribution in [2.24, 2.45) is 16.2 Å². The molecule has 0 spiro atoms. The summed E-state index contributed by atoms with van der Waals surface area (Å²) < 4.78 is 5.45. The summed E-state index contributed by atoms with van der Waals surface area (Å²) in [6.07, 6.45) is 3.94. The molecule has 0 atom stereocenters. The van der Waals surface area contributed by atoms with E-state index in [1.807, 2.05) is 0 Å². The summed E-state index contributed by atoms with van der Waals surface area (Å²) in [4.78, 5) is 0. The number of hydrogen-bond donors (Lipinski definition) is 0. The van der Waals surface area contributed by atoms with Crippen LogP contribution >= 0.6 is 0 Å². The van der Waals surface area contributed by atoms with Gasteiger partial charge in [-0.15, -0.1) is 0 Å². The van der Waals surface area contributed by atoms with Crippen LogP contribution < -0.4 is 0 Å². The van der Waals surface area contributed by atoms with Crippen LogP contribution in [0.25, 0.3) is 0 Å². The van der Waals surface area contributed by atoms with Gasteiger partial charge in [-0.25, -0.2) is 0 Å². The van der Waals surface area contributed by atoms with Gasteiger partial charge in [-0.2, -0.15) is 0 Å². The van der Waals surface area contributed by atoms with Crippen LogP contribution in [0.15, 0.2) is 0 Å². The minimum atomic E-state index is 0.432. The van der Waals surface area contributed by atoms with Crippen LogP contribution in [-0.2, 0) is 4.74 Å². The Morgan fingerprint density at radius 2 is 1.47 bits per heavy atom. The predicted molar refractivity (Wildman–Crippen MR) is 66.0 cm³/mol. The Labute approximate surface area is 95.6 Å². The van der Waals surface area contributed by atoms with Crippen molar-refractivity contribution in [1.82, 2.24) is 0 Å². The molecule has 1 fully saturated rings. The zero-order chi connectivity index (χ0) is 11.7. The molecule has 15 heavy (non-hydrogen) atoms. The lowest BCUT2D eigenvalue weighted by Crippen LogP contribution is -2.45. The number of hydrogen-bond acceptors (Lipinski definition) is 1. The summed E-state index contributed by atoms with van der Waals surface area (Å²) in [6.45, 7) is 16.0. The lowest BCUT2D eigenvalue weighted by Gasteiger charge is -2.46. The molecule has 1 aliphatic heterocycles. The van der Waals surface area contributed by atoms with E-state index in [-0.39, 0.29) is 0 Å². The van der Waals surface area contributed by atoms with E-state index >= 15 is 0 Å². The maximum Gasteiger partial charge on any atom is 0.0545 e. The first-order valence-electron chi connectivity index (χ1n) is 6.20. The molecule has 0 aromatic rings. The largest absolute Gasteiger partial charge is 0.380 e. The molecule has 0 aromatic heterocycles. The second-order valence-electron chi connectivity index (χ2n) is 7.79. The standard InChI is InChI=1S/C14H28O/c1-12(2,3)7-8-14(10-15-11-14)9-13(4,5)6/h7-11H2,1-6H3. The SMILES string of the molecule is CC(C)(C)CCC1(CC(C)(C)C)COC1. The highest BCUT2D eigenvalue weighted by atomic mass is 16.5. The van der Waals surface area contributed by atoms with E-state index in [9.17, 15) is 0 Å². The average molecular weight is 212 g/mol. The summed E-state index contributed by atoms with van der Waals surface area (Å²) in [5.41, 5.74) is 1.38. The fourth-order valence-corrected chi connectivity index (χ4v) is 2.49.